The maximum Gasteiger partial charge on any atom is 0.108 e. The molecular formula is C10H8N2O. The maximum absolute atomic E-state index is 10.3. The van der Waals surface area contributed by atoms with Gasteiger partial charge in [0.15, 0.2) is 0 Å². The molecule has 0 spiro atoms. The number of nitrogen functional groups attached to an aromatic ring is 1. The van der Waals surface area contributed by atoms with Gasteiger partial charge in [-0.25, -0.2) is 0 Å². The molecule has 0 radical (unpaired) electrons. The standard InChI is InChI=1S/C10H8N2O/c11-10-3-1-2-7-4-5-8(12-13)6-9(7)10/h1-6H,11H2. The summed E-state index contributed by atoms with van der Waals surface area (Å²) in [6, 6.07) is 10.8. The Labute approximate surface area is 75.1 Å². The number of benzene rings is 2. The first kappa shape index (κ1) is 7.73. The molecule has 2 aromatic carbocycles. The zero-order chi connectivity index (χ0) is 9.26. The van der Waals surface area contributed by atoms with E-state index in [4.69, 9.17) is 5.73 Å². The highest BCUT2D eigenvalue weighted by Gasteiger charge is 1.98. The summed E-state index contributed by atoms with van der Waals surface area (Å²) in [6.45, 7) is 0. The summed E-state index contributed by atoms with van der Waals surface area (Å²) in [5, 5.41) is 4.75. The molecule has 0 heterocycles. The third kappa shape index (κ3) is 1.24. The summed E-state index contributed by atoms with van der Waals surface area (Å²) in [5.41, 5.74) is 6.81. The molecule has 64 valence electrons. The van der Waals surface area contributed by atoms with E-state index in [1.165, 1.54) is 0 Å². The summed E-state index contributed by atoms with van der Waals surface area (Å²) >= 11 is 0. The third-order valence-corrected chi connectivity index (χ3v) is 2.00. The molecule has 0 fully saturated rings. The van der Waals surface area contributed by atoms with Crippen molar-refractivity contribution in [1.29, 1.82) is 0 Å². The maximum atomic E-state index is 10.3. The first-order valence-corrected chi connectivity index (χ1v) is 3.93. The van der Waals surface area contributed by atoms with Gasteiger partial charge in [-0.2, -0.15) is 0 Å². The van der Waals surface area contributed by atoms with Crippen LogP contribution >= 0.6 is 0 Å². The molecule has 0 bridgehead atoms. The number of anilines is 1. The van der Waals surface area contributed by atoms with Gasteiger partial charge >= 0.3 is 0 Å². The quantitative estimate of drug-likeness (QED) is 0.531. The number of nitrogens with two attached hydrogens (primary N) is 1. The predicted octanol–water partition coefficient (Wildman–Crippen LogP) is 2.82. The van der Waals surface area contributed by atoms with Crippen molar-refractivity contribution < 1.29 is 0 Å². The Kier molecular flexibility index (Phi) is 1.70. The Bertz CT molecular complexity index is 465. The molecule has 0 aliphatic heterocycles. The second kappa shape index (κ2) is 2.86. The third-order valence-electron chi connectivity index (χ3n) is 2.00. The molecule has 13 heavy (non-hydrogen) atoms. The normalized spacial score (nSPS) is 10.2. The van der Waals surface area contributed by atoms with Crippen LogP contribution in [-0.4, -0.2) is 0 Å². The monoisotopic (exact) mass is 172 g/mol. The minimum atomic E-state index is 0.408. The van der Waals surface area contributed by atoms with Crippen molar-refractivity contribution in [3.8, 4) is 0 Å². The number of nitroso groups, excluding NO2 is 1. The van der Waals surface area contributed by atoms with Crippen molar-refractivity contribution in [3.63, 3.8) is 0 Å². The molecule has 0 saturated heterocycles. The molecule has 2 rings (SSSR count). The largest absolute Gasteiger partial charge is 0.398 e. The molecule has 2 aromatic rings. The summed E-state index contributed by atoms with van der Waals surface area (Å²) in [5.74, 6) is 0. The second-order valence-corrected chi connectivity index (χ2v) is 2.84. The Hall–Kier alpha value is -1.90. The van der Waals surface area contributed by atoms with Gasteiger partial charge in [0.25, 0.3) is 0 Å². The van der Waals surface area contributed by atoms with E-state index in [0.29, 0.717) is 11.4 Å². The fourth-order valence-corrected chi connectivity index (χ4v) is 1.34. The second-order valence-electron chi connectivity index (χ2n) is 2.84. The van der Waals surface area contributed by atoms with Crippen LogP contribution in [0.5, 0.6) is 0 Å². The van der Waals surface area contributed by atoms with Crippen molar-refractivity contribution in [2.75, 3.05) is 5.73 Å². The average molecular weight is 172 g/mol. The zero-order valence-electron chi connectivity index (χ0n) is 6.90. The fourth-order valence-electron chi connectivity index (χ4n) is 1.34. The predicted molar refractivity (Wildman–Crippen MR) is 53.8 cm³/mol. The molecule has 0 saturated carbocycles. The molecule has 0 atom stereocenters. The van der Waals surface area contributed by atoms with E-state index >= 15 is 0 Å². The van der Waals surface area contributed by atoms with Crippen LogP contribution in [-0.2, 0) is 0 Å². The lowest BCUT2D eigenvalue weighted by atomic mass is 10.1. The molecular weight excluding hydrogens is 164 g/mol. The van der Waals surface area contributed by atoms with Gasteiger partial charge in [-0.1, -0.05) is 18.2 Å². The molecule has 3 heteroatoms. The first-order chi connectivity index (χ1) is 6.31. The lowest BCUT2D eigenvalue weighted by molar-refractivity contribution is 1.52. The van der Waals surface area contributed by atoms with E-state index in [2.05, 4.69) is 5.18 Å². The highest BCUT2D eigenvalue weighted by atomic mass is 16.3. The van der Waals surface area contributed by atoms with Crippen LogP contribution in [0.25, 0.3) is 10.8 Å². The van der Waals surface area contributed by atoms with Crippen LogP contribution in [0.15, 0.2) is 41.6 Å². The lowest BCUT2D eigenvalue weighted by Crippen LogP contribution is -1.85. The van der Waals surface area contributed by atoms with Crippen molar-refractivity contribution in [2.24, 2.45) is 5.18 Å². The lowest BCUT2D eigenvalue weighted by Gasteiger charge is -2.00. The topological polar surface area (TPSA) is 55.4 Å². The smallest absolute Gasteiger partial charge is 0.108 e. The van der Waals surface area contributed by atoms with Gasteiger partial charge in [0.2, 0.25) is 0 Å². The van der Waals surface area contributed by atoms with E-state index in [-0.39, 0.29) is 0 Å². The van der Waals surface area contributed by atoms with Gasteiger partial charge in [-0.05, 0) is 28.8 Å². The van der Waals surface area contributed by atoms with Crippen molar-refractivity contribution in [3.05, 3.63) is 41.3 Å². The van der Waals surface area contributed by atoms with Crippen molar-refractivity contribution in [2.45, 2.75) is 0 Å². The number of fused-ring (bicyclic) bond motifs is 1. The Morgan fingerprint density at radius 3 is 2.77 bits per heavy atom. The van der Waals surface area contributed by atoms with E-state index in [1.807, 2.05) is 18.2 Å². The van der Waals surface area contributed by atoms with Gasteiger partial charge in [0.05, 0.1) is 0 Å². The van der Waals surface area contributed by atoms with Crippen molar-refractivity contribution >= 4 is 22.1 Å². The van der Waals surface area contributed by atoms with E-state index in [9.17, 15) is 4.91 Å². The van der Waals surface area contributed by atoms with Gasteiger partial charge in [-0.15, -0.1) is 4.91 Å². The summed E-state index contributed by atoms with van der Waals surface area (Å²) in [7, 11) is 0. The molecule has 0 aromatic heterocycles. The van der Waals surface area contributed by atoms with Crippen molar-refractivity contribution in [1.82, 2.24) is 0 Å². The van der Waals surface area contributed by atoms with E-state index in [0.717, 1.165) is 10.8 Å². The molecule has 0 aliphatic carbocycles. The summed E-state index contributed by atoms with van der Waals surface area (Å²) in [4.78, 5) is 10.3. The SMILES string of the molecule is Nc1cccc2ccc(N=O)cc12. The first-order valence-electron chi connectivity index (χ1n) is 3.93. The fraction of sp³-hybridized carbons (Fsp3) is 0. The van der Waals surface area contributed by atoms with Gasteiger partial charge in [0, 0.05) is 11.1 Å². The molecule has 2 N–H and O–H groups in total. The number of nitrogens with zero attached hydrogens (tertiary/aromatic N) is 1. The van der Waals surface area contributed by atoms with Gasteiger partial charge < -0.3 is 5.73 Å². The number of hydrogen-bond acceptors (Lipinski definition) is 3. The van der Waals surface area contributed by atoms with Crippen LogP contribution < -0.4 is 5.73 Å². The Morgan fingerprint density at radius 1 is 1.15 bits per heavy atom. The number of hydrogen-bond donors (Lipinski definition) is 1. The minimum absolute atomic E-state index is 0.408. The van der Waals surface area contributed by atoms with Gasteiger partial charge in [-0.3, -0.25) is 0 Å². The summed E-state index contributed by atoms with van der Waals surface area (Å²) in [6.07, 6.45) is 0. The summed E-state index contributed by atoms with van der Waals surface area (Å²) < 4.78 is 0. The van der Waals surface area contributed by atoms with E-state index < -0.39 is 0 Å². The highest BCUT2D eigenvalue weighted by molar-refractivity contribution is 5.94. The molecule has 0 aliphatic rings. The van der Waals surface area contributed by atoms with Crippen LogP contribution in [0.4, 0.5) is 11.4 Å². The number of rotatable bonds is 1. The Balaban J connectivity index is 2.81. The minimum Gasteiger partial charge on any atom is -0.398 e. The van der Waals surface area contributed by atoms with Crippen LogP contribution in [0, 0.1) is 4.91 Å². The molecule has 3 nitrogen and oxygen atoms in total. The van der Waals surface area contributed by atoms with Crippen LogP contribution in [0.3, 0.4) is 0 Å². The highest BCUT2D eigenvalue weighted by Crippen LogP contribution is 2.25. The van der Waals surface area contributed by atoms with E-state index in [1.54, 1.807) is 18.2 Å². The zero-order valence-corrected chi connectivity index (χ0v) is 6.90. The average Bonchev–Trinajstić information content (AvgIpc) is 2.18. The van der Waals surface area contributed by atoms with Crippen LogP contribution in [0.1, 0.15) is 0 Å². The molecule has 0 amide bonds. The van der Waals surface area contributed by atoms with Crippen LogP contribution in [0.2, 0.25) is 0 Å². The molecule has 0 unspecified atom stereocenters. The Morgan fingerprint density at radius 2 is 2.00 bits per heavy atom. The van der Waals surface area contributed by atoms with Gasteiger partial charge in [0.1, 0.15) is 5.69 Å².